The van der Waals surface area contributed by atoms with Crippen molar-refractivity contribution in [3.63, 3.8) is 0 Å². The number of hydrogen-bond donors (Lipinski definition) is 2. The third-order valence-electron chi connectivity index (χ3n) is 2.99. The van der Waals surface area contributed by atoms with Gasteiger partial charge in [0.2, 0.25) is 5.88 Å². The molecule has 0 radical (unpaired) electrons. The zero-order valence-electron chi connectivity index (χ0n) is 10.8. The predicted octanol–water partition coefficient (Wildman–Crippen LogP) is 0.977. The molecule has 0 spiro atoms. The van der Waals surface area contributed by atoms with E-state index in [1.54, 1.807) is 6.07 Å². The second-order valence-corrected chi connectivity index (χ2v) is 4.39. The second-order valence-electron chi connectivity index (χ2n) is 4.39. The molecule has 0 unspecified atom stereocenters. The molecular formula is C13H13N5O2. The van der Waals surface area contributed by atoms with Crippen LogP contribution in [0.25, 0.3) is 5.65 Å². The average molecular weight is 271 g/mol. The highest BCUT2D eigenvalue weighted by Gasteiger charge is 2.07. The van der Waals surface area contributed by atoms with Crippen molar-refractivity contribution in [1.82, 2.24) is 19.6 Å². The lowest BCUT2D eigenvalue weighted by Crippen LogP contribution is -2.09. The van der Waals surface area contributed by atoms with Gasteiger partial charge in [-0.15, -0.1) is 0 Å². The van der Waals surface area contributed by atoms with Crippen LogP contribution in [-0.2, 0) is 6.54 Å². The Hall–Kier alpha value is -2.67. The van der Waals surface area contributed by atoms with Gasteiger partial charge < -0.3 is 10.5 Å². The molecule has 0 aliphatic carbocycles. The molecule has 0 amide bonds. The van der Waals surface area contributed by atoms with Crippen LogP contribution in [0.15, 0.2) is 35.4 Å². The van der Waals surface area contributed by atoms with Crippen molar-refractivity contribution in [2.24, 2.45) is 5.73 Å². The fourth-order valence-corrected chi connectivity index (χ4v) is 1.84. The number of aryl methyl sites for hydroxylation is 1. The number of ether oxygens (including phenoxy) is 1. The summed E-state index contributed by atoms with van der Waals surface area (Å²) in [6.45, 7) is 2.38. The molecule has 7 heteroatoms. The standard InChI is InChI=1S/C13H13N5O2/c1-8-2-3-9(6-14)4-10(8)20-12-5-11-16-17-13(19)18(11)7-15-12/h2-5,7H,6,14H2,1H3,(H,17,19). The van der Waals surface area contributed by atoms with Crippen LogP contribution in [0.3, 0.4) is 0 Å². The Bertz CT molecular complexity index is 821. The number of fused-ring (bicyclic) bond motifs is 1. The number of nitrogens with one attached hydrogen (secondary N) is 1. The maximum Gasteiger partial charge on any atom is 0.348 e. The summed E-state index contributed by atoms with van der Waals surface area (Å²) in [6.07, 6.45) is 1.37. The van der Waals surface area contributed by atoms with Crippen LogP contribution in [0.5, 0.6) is 11.6 Å². The Balaban J connectivity index is 1.98. The molecule has 20 heavy (non-hydrogen) atoms. The van der Waals surface area contributed by atoms with Gasteiger partial charge in [0.15, 0.2) is 5.65 Å². The lowest BCUT2D eigenvalue weighted by molar-refractivity contribution is 0.457. The summed E-state index contributed by atoms with van der Waals surface area (Å²) in [5, 5.41) is 6.20. The third-order valence-corrected chi connectivity index (χ3v) is 2.99. The van der Waals surface area contributed by atoms with E-state index in [0.29, 0.717) is 23.8 Å². The molecule has 7 nitrogen and oxygen atoms in total. The molecule has 0 bridgehead atoms. The second kappa shape index (κ2) is 4.78. The Kier molecular flexibility index (Phi) is 2.96. The number of nitrogens with zero attached hydrogens (tertiary/aromatic N) is 3. The largest absolute Gasteiger partial charge is 0.439 e. The van der Waals surface area contributed by atoms with Gasteiger partial charge in [0, 0.05) is 12.6 Å². The van der Waals surface area contributed by atoms with Gasteiger partial charge in [0.1, 0.15) is 12.1 Å². The first-order valence-electron chi connectivity index (χ1n) is 6.07. The van der Waals surface area contributed by atoms with Gasteiger partial charge in [-0.2, -0.15) is 5.10 Å². The highest BCUT2D eigenvalue weighted by atomic mass is 16.5. The Morgan fingerprint density at radius 2 is 2.25 bits per heavy atom. The highest BCUT2D eigenvalue weighted by Crippen LogP contribution is 2.24. The predicted molar refractivity (Wildman–Crippen MR) is 72.8 cm³/mol. The van der Waals surface area contributed by atoms with Crippen LogP contribution < -0.4 is 16.2 Å². The first-order chi connectivity index (χ1) is 9.67. The van der Waals surface area contributed by atoms with Crippen molar-refractivity contribution in [1.29, 1.82) is 0 Å². The normalized spacial score (nSPS) is 10.9. The first-order valence-corrected chi connectivity index (χ1v) is 6.07. The lowest BCUT2D eigenvalue weighted by atomic mass is 10.1. The van der Waals surface area contributed by atoms with Crippen molar-refractivity contribution in [3.8, 4) is 11.6 Å². The van der Waals surface area contributed by atoms with Crippen LogP contribution in [0.2, 0.25) is 0 Å². The third kappa shape index (κ3) is 2.14. The summed E-state index contributed by atoms with van der Waals surface area (Å²) in [6, 6.07) is 7.35. The topological polar surface area (TPSA) is 98.3 Å². The van der Waals surface area contributed by atoms with E-state index in [4.69, 9.17) is 10.5 Å². The maximum atomic E-state index is 11.3. The molecule has 0 saturated carbocycles. The van der Waals surface area contributed by atoms with Crippen LogP contribution in [0.1, 0.15) is 11.1 Å². The van der Waals surface area contributed by atoms with Gasteiger partial charge >= 0.3 is 5.69 Å². The molecule has 102 valence electrons. The number of H-pyrrole nitrogens is 1. The zero-order chi connectivity index (χ0) is 14.1. The molecule has 3 N–H and O–H groups in total. The van der Waals surface area contributed by atoms with E-state index < -0.39 is 0 Å². The molecule has 0 aliphatic rings. The van der Waals surface area contributed by atoms with Crippen molar-refractivity contribution in [2.45, 2.75) is 13.5 Å². The van der Waals surface area contributed by atoms with E-state index in [0.717, 1.165) is 11.1 Å². The zero-order valence-corrected chi connectivity index (χ0v) is 10.8. The molecule has 3 rings (SSSR count). The number of aromatic amines is 1. The van der Waals surface area contributed by atoms with Crippen LogP contribution in [0.4, 0.5) is 0 Å². The Morgan fingerprint density at radius 1 is 1.40 bits per heavy atom. The van der Waals surface area contributed by atoms with Crippen molar-refractivity contribution < 1.29 is 4.74 Å². The Labute approximate surface area is 114 Å². The van der Waals surface area contributed by atoms with Crippen LogP contribution >= 0.6 is 0 Å². The summed E-state index contributed by atoms with van der Waals surface area (Å²) in [4.78, 5) is 15.4. The molecule has 0 atom stereocenters. The number of benzene rings is 1. The molecule has 2 heterocycles. The summed E-state index contributed by atoms with van der Waals surface area (Å²) >= 11 is 0. The van der Waals surface area contributed by atoms with E-state index in [1.807, 2.05) is 25.1 Å². The molecule has 3 aromatic rings. The highest BCUT2D eigenvalue weighted by molar-refractivity contribution is 5.43. The molecule has 0 saturated heterocycles. The minimum Gasteiger partial charge on any atom is -0.439 e. The van der Waals surface area contributed by atoms with Crippen molar-refractivity contribution >= 4 is 5.65 Å². The van der Waals surface area contributed by atoms with Crippen molar-refractivity contribution in [3.05, 3.63) is 52.2 Å². The molecule has 1 aromatic carbocycles. The van der Waals surface area contributed by atoms with Crippen LogP contribution in [0, 0.1) is 6.92 Å². The maximum absolute atomic E-state index is 11.3. The van der Waals surface area contributed by atoms with E-state index in [-0.39, 0.29) is 5.69 Å². The molecule has 2 aromatic heterocycles. The number of nitrogens with two attached hydrogens (primary N) is 1. The number of aromatic nitrogens is 4. The number of hydrogen-bond acceptors (Lipinski definition) is 5. The summed E-state index contributed by atoms with van der Waals surface area (Å²) < 4.78 is 7.03. The van der Waals surface area contributed by atoms with Crippen molar-refractivity contribution in [2.75, 3.05) is 0 Å². The quantitative estimate of drug-likeness (QED) is 0.739. The van der Waals surface area contributed by atoms with E-state index in [1.165, 1.54) is 10.7 Å². The number of rotatable bonds is 3. The monoisotopic (exact) mass is 271 g/mol. The van der Waals surface area contributed by atoms with Gasteiger partial charge in [-0.1, -0.05) is 12.1 Å². The SMILES string of the molecule is Cc1ccc(CN)cc1Oc1cc2n[nH]c(=O)n2cn1. The molecule has 0 aliphatic heterocycles. The van der Waals surface area contributed by atoms with E-state index in [9.17, 15) is 4.79 Å². The molecular weight excluding hydrogens is 258 g/mol. The summed E-state index contributed by atoms with van der Waals surface area (Å²) in [5.74, 6) is 1.05. The van der Waals surface area contributed by atoms with Gasteiger partial charge in [-0.3, -0.25) is 0 Å². The fourth-order valence-electron chi connectivity index (χ4n) is 1.84. The Morgan fingerprint density at radius 3 is 3.05 bits per heavy atom. The fraction of sp³-hybridized carbons (Fsp3) is 0.154. The minimum absolute atomic E-state index is 0.333. The summed E-state index contributed by atoms with van der Waals surface area (Å²) in [7, 11) is 0. The average Bonchev–Trinajstić information content (AvgIpc) is 2.82. The van der Waals surface area contributed by atoms with Gasteiger partial charge in [-0.25, -0.2) is 19.3 Å². The van der Waals surface area contributed by atoms with Gasteiger partial charge in [0.05, 0.1) is 0 Å². The minimum atomic E-state index is -0.333. The lowest BCUT2D eigenvalue weighted by Gasteiger charge is -2.09. The van der Waals surface area contributed by atoms with Gasteiger partial charge in [0.25, 0.3) is 0 Å². The smallest absolute Gasteiger partial charge is 0.348 e. The van der Waals surface area contributed by atoms with Crippen LogP contribution in [-0.4, -0.2) is 19.6 Å². The molecule has 0 fully saturated rings. The van der Waals surface area contributed by atoms with E-state index >= 15 is 0 Å². The van der Waals surface area contributed by atoms with Gasteiger partial charge in [-0.05, 0) is 24.1 Å². The summed E-state index contributed by atoms with van der Waals surface area (Å²) in [5.41, 5.74) is 7.68. The van der Waals surface area contributed by atoms with E-state index in [2.05, 4.69) is 15.2 Å². The first kappa shape index (κ1) is 12.4.